The van der Waals surface area contributed by atoms with Gasteiger partial charge in [0.1, 0.15) is 5.82 Å². The molecule has 2 aromatic carbocycles. The van der Waals surface area contributed by atoms with Gasteiger partial charge in [-0.2, -0.15) is 0 Å². The lowest BCUT2D eigenvalue weighted by molar-refractivity contribution is -0.133. The first-order chi connectivity index (χ1) is 13.1. The molecule has 0 fully saturated rings. The minimum absolute atomic E-state index is 0.0361. The molecule has 0 spiro atoms. The Balaban J connectivity index is 2.02. The molecule has 0 aliphatic rings. The summed E-state index contributed by atoms with van der Waals surface area (Å²) in [5.74, 6) is -2.01. The highest BCUT2D eigenvalue weighted by Gasteiger charge is 2.19. The number of hydrogen-bond acceptors (Lipinski definition) is 5. The fourth-order valence-corrected chi connectivity index (χ4v) is 3.07. The van der Waals surface area contributed by atoms with Crippen molar-refractivity contribution in [2.75, 3.05) is 24.6 Å². The van der Waals surface area contributed by atoms with Crippen molar-refractivity contribution >= 4 is 39.2 Å². The van der Waals surface area contributed by atoms with Crippen molar-refractivity contribution in [2.45, 2.75) is 6.54 Å². The number of halogens is 2. The molecule has 0 aromatic heterocycles. The molecule has 1 N–H and O–H groups in total. The van der Waals surface area contributed by atoms with Gasteiger partial charge in [-0.1, -0.05) is 29.8 Å². The summed E-state index contributed by atoms with van der Waals surface area (Å²) in [7, 11) is -2.19. The monoisotopic (exact) mass is 428 g/mol. The third kappa shape index (κ3) is 5.93. The molecule has 0 saturated heterocycles. The number of carbonyl (C=O) groups is 2. The third-order valence-corrected chi connectivity index (χ3v) is 4.60. The molecule has 0 saturated carbocycles. The van der Waals surface area contributed by atoms with E-state index in [2.05, 4.69) is 4.72 Å². The summed E-state index contributed by atoms with van der Waals surface area (Å²) in [6.45, 7) is -0.706. The summed E-state index contributed by atoms with van der Waals surface area (Å²) >= 11 is 5.94. The number of nitrogens with zero attached hydrogens (tertiary/aromatic N) is 1. The number of amides is 1. The normalized spacial score (nSPS) is 11.0. The fourth-order valence-electron chi connectivity index (χ4n) is 2.27. The van der Waals surface area contributed by atoms with E-state index in [-0.39, 0.29) is 28.4 Å². The molecule has 0 heterocycles. The smallest absolute Gasteiger partial charge is 0.340 e. The molecule has 0 unspecified atom stereocenters. The molecule has 0 bridgehead atoms. The topological polar surface area (TPSA) is 92.8 Å². The van der Waals surface area contributed by atoms with Crippen LogP contribution in [0.3, 0.4) is 0 Å². The molecule has 0 atom stereocenters. The molecule has 0 aliphatic carbocycles. The van der Waals surface area contributed by atoms with Gasteiger partial charge in [-0.15, -0.1) is 0 Å². The largest absolute Gasteiger partial charge is 0.452 e. The van der Waals surface area contributed by atoms with Crippen LogP contribution >= 0.6 is 11.6 Å². The fraction of sp³-hybridized carbons (Fsp3) is 0.222. The number of esters is 1. The van der Waals surface area contributed by atoms with Gasteiger partial charge < -0.3 is 9.64 Å². The molecule has 150 valence electrons. The van der Waals surface area contributed by atoms with Crippen molar-refractivity contribution in [1.29, 1.82) is 0 Å². The van der Waals surface area contributed by atoms with E-state index >= 15 is 0 Å². The van der Waals surface area contributed by atoms with Crippen LogP contribution in [-0.4, -0.2) is 45.1 Å². The molecule has 2 rings (SSSR count). The van der Waals surface area contributed by atoms with E-state index in [1.165, 1.54) is 43.4 Å². The number of carbonyl (C=O) groups excluding carboxylic acids is 2. The van der Waals surface area contributed by atoms with Crippen LogP contribution in [0.15, 0.2) is 42.5 Å². The average Bonchev–Trinajstić information content (AvgIpc) is 2.61. The Morgan fingerprint density at radius 2 is 1.86 bits per heavy atom. The van der Waals surface area contributed by atoms with Gasteiger partial charge in [0.05, 0.1) is 17.5 Å². The van der Waals surface area contributed by atoms with Crippen molar-refractivity contribution in [2.24, 2.45) is 0 Å². The van der Waals surface area contributed by atoms with Crippen LogP contribution in [0.5, 0.6) is 0 Å². The summed E-state index contributed by atoms with van der Waals surface area (Å²) in [4.78, 5) is 25.6. The molecular formula is C18H18ClFN2O5S. The van der Waals surface area contributed by atoms with Crippen molar-refractivity contribution in [3.8, 4) is 0 Å². The number of para-hydroxylation sites is 1. The Bertz CT molecular complexity index is 977. The Morgan fingerprint density at radius 1 is 1.18 bits per heavy atom. The number of hydrogen-bond donors (Lipinski definition) is 1. The van der Waals surface area contributed by atoms with Gasteiger partial charge in [0, 0.05) is 24.2 Å². The van der Waals surface area contributed by atoms with Crippen LogP contribution in [0.1, 0.15) is 15.9 Å². The molecule has 0 aliphatic heterocycles. The molecule has 28 heavy (non-hydrogen) atoms. The highest BCUT2D eigenvalue weighted by molar-refractivity contribution is 7.92. The highest BCUT2D eigenvalue weighted by Crippen LogP contribution is 2.21. The predicted octanol–water partition coefficient (Wildman–Crippen LogP) is 2.67. The van der Waals surface area contributed by atoms with Crippen molar-refractivity contribution < 1.29 is 27.1 Å². The molecule has 10 heteroatoms. The molecule has 2 aromatic rings. The van der Waals surface area contributed by atoms with E-state index in [4.69, 9.17) is 16.3 Å². The van der Waals surface area contributed by atoms with Crippen LogP contribution < -0.4 is 4.72 Å². The lowest BCUT2D eigenvalue weighted by atomic mass is 10.2. The summed E-state index contributed by atoms with van der Waals surface area (Å²) in [5.41, 5.74) is 0.142. The maximum Gasteiger partial charge on any atom is 0.340 e. The van der Waals surface area contributed by atoms with Crippen molar-refractivity contribution in [3.05, 3.63) is 64.4 Å². The molecule has 7 nitrogen and oxygen atoms in total. The maximum absolute atomic E-state index is 13.8. The van der Waals surface area contributed by atoms with E-state index < -0.39 is 34.3 Å². The van der Waals surface area contributed by atoms with Gasteiger partial charge in [0.2, 0.25) is 10.0 Å². The first-order valence-electron chi connectivity index (χ1n) is 7.99. The number of likely N-dealkylation sites (N-methyl/N-ethyl adjacent to an activating group) is 1. The Kier molecular flexibility index (Phi) is 6.98. The lowest BCUT2D eigenvalue weighted by Crippen LogP contribution is -2.31. The summed E-state index contributed by atoms with van der Waals surface area (Å²) in [6, 6.07) is 10.0. The van der Waals surface area contributed by atoms with Crippen LogP contribution in [0.4, 0.5) is 10.1 Å². The molecule has 0 radical (unpaired) electrons. The summed E-state index contributed by atoms with van der Waals surface area (Å²) in [6.07, 6.45) is 0.946. The van der Waals surface area contributed by atoms with Crippen LogP contribution in [0.25, 0.3) is 0 Å². The second-order valence-corrected chi connectivity index (χ2v) is 8.10. The standard InChI is InChI=1S/C18H18ClFN2O5S/c1-22(10-13-14(19)7-5-8-15(13)20)17(23)11-27-18(24)12-6-3-4-9-16(12)21-28(2,25)26/h3-9,21H,10-11H2,1-2H3. The minimum Gasteiger partial charge on any atom is -0.452 e. The van der Waals surface area contributed by atoms with E-state index in [9.17, 15) is 22.4 Å². The lowest BCUT2D eigenvalue weighted by Gasteiger charge is -2.18. The third-order valence-electron chi connectivity index (χ3n) is 3.65. The van der Waals surface area contributed by atoms with Gasteiger partial charge >= 0.3 is 5.97 Å². The maximum atomic E-state index is 13.8. The molecule has 1 amide bonds. The predicted molar refractivity (Wildman–Crippen MR) is 103 cm³/mol. The number of anilines is 1. The average molecular weight is 429 g/mol. The SMILES string of the molecule is CN(Cc1c(F)cccc1Cl)C(=O)COC(=O)c1ccccc1NS(C)(=O)=O. The number of nitrogens with one attached hydrogen (secondary N) is 1. The quantitative estimate of drug-likeness (QED) is 0.684. The van der Waals surface area contributed by atoms with Gasteiger partial charge in [-0.05, 0) is 24.3 Å². The van der Waals surface area contributed by atoms with Crippen LogP contribution in [0, 0.1) is 5.82 Å². The number of ether oxygens (including phenoxy) is 1. The van der Waals surface area contributed by atoms with E-state index in [1.807, 2.05) is 0 Å². The Morgan fingerprint density at radius 3 is 2.50 bits per heavy atom. The van der Waals surface area contributed by atoms with Crippen LogP contribution in [0.2, 0.25) is 5.02 Å². The number of sulfonamides is 1. The van der Waals surface area contributed by atoms with Crippen LogP contribution in [-0.2, 0) is 26.1 Å². The summed E-state index contributed by atoms with van der Waals surface area (Å²) in [5, 5.41) is 0.178. The zero-order valence-corrected chi connectivity index (χ0v) is 16.7. The van der Waals surface area contributed by atoms with Gasteiger partial charge in [0.25, 0.3) is 5.91 Å². The zero-order valence-electron chi connectivity index (χ0n) is 15.1. The van der Waals surface area contributed by atoms with Crippen molar-refractivity contribution in [3.63, 3.8) is 0 Å². The summed E-state index contributed by atoms with van der Waals surface area (Å²) < 4.78 is 43.8. The van der Waals surface area contributed by atoms with E-state index in [0.717, 1.165) is 11.2 Å². The van der Waals surface area contributed by atoms with E-state index in [1.54, 1.807) is 6.07 Å². The number of rotatable bonds is 7. The van der Waals surface area contributed by atoms with Gasteiger partial charge in [-0.25, -0.2) is 17.6 Å². The second-order valence-electron chi connectivity index (χ2n) is 5.95. The zero-order chi connectivity index (χ0) is 20.9. The number of benzene rings is 2. The van der Waals surface area contributed by atoms with E-state index in [0.29, 0.717) is 0 Å². The minimum atomic E-state index is -3.60. The first-order valence-corrected chi connectivity index (χ1v) is 10.3. The van der Waals surface area contributed by atoms with Gasteiger partial charge in [-0.3, -0.25) is 9.52 Å². The van der Waals surface area contributed by atoms with Crippen molar-refractivity contribution in [1.82, 2.24) is 4.90 Å². The molecular weight excluding hydrogens is 411 g/mol. The second kappa shape index (κ2) is 9.03. The Hall–Kier alpha value is -2.65. The first kappa shape index (κ1) is 21.6. The Labute approximate surface area is 167 Å². The van der Waals surface area contributed by atoms with Gasteiger partial charge in [0.15, 0.2) is 6.61 Å². The highest BCUT2D eigenvalue weighted by atomic mass is 35.5.